The van der Waals surface area contributed by atoms with Gasteiger partial charge in [-0.2, -0.15) is 0 Å². The van der Waals surface area contributed by atoms with Gasteiger partial charge in [-0.1, -0.05) is 0 Å². The van der Waals surface area contributed by atoms with Crippen LogP contribution in [0.4, 0.5) is 0 Å². The highest BCUT2D eigenvalue weighted by Gasteiger charge is 1.28. The summed E-state index contributed by atoms with van der Waals surface area (Å²) in [5, 5.41) is 2.75. The molecule has 0 spiro atoms. The smallest absolute Gasteiger partial charge is 0.323 e. The maximum absolute atomic E-state index is 8.46. The van der Waals surface area contributed by atoms with Crippen molar-refractivity contribution in [2.45, 2.75) is 0 Å². The van der Waals surface area contributed by atoms with Gasteiger partial charge in [0.15, 0.2) is 0 Å². The second-order valence-electron chi connectivity index (χ2n) is 0.582. The Kier molecular flexibility index (Phi) is 31.1. The number of nitrogens with one attached hydrogen (secondary N) is 1. The first-order chi connectivity index (χ1) is 2.83. The highest BCUT2D eigenvalue weighted by molar-refractivity contribution is 7.16. The normalized spacial score (nSPS) is 6.50. The van der Waals surface area contributed by atoms with Gasteiger partial charge in [0.1, 0.15) is 0 Å². The number of hydrogen-bond donors (Lipinski definition) is 2. The Labute approximate surface area is 38.7 Å². The second kappa shape index (κ2) is 19.9. The van der Waals surface area contributed by atoms with Crippen LogP contribution in [0.25, 0.3) is 0 Å². The molecule has 0 unspecified atom stereocenters. The van der Waals surface area contributed by atoms with Crippen LogP contribution in [-0.4, -0.2) is 19.0 Å². The summed E-state index contributed by atoms with van der Waals surface area (Å²) in [5.41, 5.74) is 0. The van der Waals surface area contributed by atoms with E-state index in [1.54, 1.807) is 0 Å². The van der Waals surface area contributed by atoms with Crippen molar-refractivity contribution in [2.24, 2.45) is 0 Å². The van der Waals surface area contributed by atoms with Gasteiger partial charge in [0, 0.05) is 0 Å². The van der Waals surface area contributed by atoms with Gasteiger partial charge in [-0.25, -0.2) is 4.57 Å². The molecule has 0 amide bonds. The fourth-order valence-corrected chi connectivity index (χ4v) is 0. The summed E-state index contributed by atoms with van der Waals surface area (Å²) >= 11 is 0. The summed E-state index contributed by atoms with van der Waals surface area (Å²) in [5.74, 6) is 0. The standard InChI is InChI=1S/C2H7N.HO2P/c2*1-3-2/h3H,1-2H3;(H,1,2). The molecule has 0 atom stereocenters. The van der Waals surface area contributed by atoms with Gasteiger partial charge in [-0.05, 0) is 14.1 Å². The zero-order valence-corrected chi connectivity index (χ0v) is 4.70. The van der Waals surface area contributed by atoms with Gasteiger partial charge < -0.3 is 10.2 Å². The van der Waals surface area contributed by atoms with E-state index in [0.717, 1.165) is 0 Å². The summed E-state index contributed by atoms with van der Waals surface area (Å²) < 4.78 is 8.46. The quantitative estimate of drug-likeness (QED) is 0.431. The molecule has 2 N–H and O–H groups in total. The average Bonchev–Trinajstić information content (AvgIpc) is 1.39. The Balaban J connectivity index is 0. The third kappa shape index (κ3) is 91700. The third-order valence-electron chi connectivity index (χ3n) is 0. The van der Waals surface area contributed by atoms with Crippen LogP contribution in [0, 0.1) is 0 Å². The molecule has 0 rings (SSSR count). The molecule has 0 aliphatic rings. The van der Waals surface area contributed by atoms with Gasteiger partial charge in [0.25, 0.3) is 0 Å². The van der Waals surface area contributed by atoms with Crippen LogP contribution >= 0.6 is 8.69 Å². The highest BCUT2D eigenvalue weighted by atomic mass is 31.1. The fraction of sp³-hybridized carbons (Fsp3) is 1.00. The predicted octanol–water partition coefficient (Wildman–Crippen LogP) is 0.0210. The molecule has 3 nitrogen and oxygen atoms in total. The molecule has 0 radical (unpaired) electrons. The van der Waals surface area contributed by atoms with Gasteiger partial charge >= 0.3 is 8.69 Å². The molecule has 0 bridgehead atoms. The first-order valence-corrected chi connectivity index (χ1v) is 2.15. The van der Waals surface area contributed by atoms with Crippen molar-refractivity contribution >= 4 is 8.69 Å². The highest BCUT2D eigenvalue weighted by Crippen LogP contribution is 1.66. The van der Waals surface area contributed by atoms with Gasteiger partial charge in [0.2, 0.25) is 0 Å². The van der Waals surface area contributed by atoms with E-state index in [1.165, 1.54) is 0 Å². The molecule has 0 aromatic rings. The fourth-order valence-electron chi connectivity index (χ4n) is 0. The Morgan fingerprint density at radius 1 is 1.67 bits per heavy atom. The van der Waals surface area contributed by atoms with E-state index < -0.39 is 8.69 Å². The van der Waals surface area contributed by atoms with Crippen molar-refractivity contribution in [2.75, 3.05) is 14.1 Å². The zero-order valence-electron chi connectivity index (χ0n) is 3.80. The molecule has 4 heteroatoms. The van der Waals surface area contributed by atoms with Crippen LogP contribution < -0.4 is 5.32 Å². The molecular weight excluding hydrogens is 101 g/mol. The van der Waals surface area contributed by atoms with Crippen molar-refractivity contribution in [1.29, 1.82) is 0 Å². The summed E-state index contributed by atoms with van der Waals surface area (Å²) in [6.45, 7) is 0. The van der Waals surface area contributed by atoms with E-state index in [9.17, 15) is 0 Å². The average molecular weight is 109 g/mol. The molecule has 0 aromatic carbocycles. The molecule has 0 aliphatic carbocycles. The Morgan fingerprint density at radius 3 is 1.67 bits per heavy atom. The van der Waals surface area contributed by atoms with Gasteiger partial charge in [0.05, 0.1) is 0 Å². The lowest BCUT2D eigenvalue weighted by atomic mass is 11.3. The molecule has 0 fully saturated rings. The minimum atomic E-state index is -0.833. The maximum atomic E-state index is 8.46. The monoisotopic (exact) mass is 109 g/mol. The lowest BCUT2D eigenvalue weighted by molar-refractivity contribution is 0.524. The molecule has 6 heavy (non-hydrogen) atoms. The minimum absolute atomic E-state index is 0.833. The van der Waals surface area contributed by atoms with Crippen molar-refractivity contribution in [3.8, 4) is 0 Å². The molecule has 0 saturated carbocycles. The van der Waals surface area contributed by atoms with Gasteiger partial charge in [-0.15, -0.1) is 0 Å². The predicted molar refractivity (Wildman–Crippen MR) is 24.8 cm³/mol. The van der Waals surface area contributed by atoms with E-state index in [4.69, 9.17) is 9.46 Å². The first kappa shape index (κ1) is 9.39. The topological polar surface area (TPSA) is 49.3 Å². The van der Waals surface area contributed by atoms with Crippen molar-refractivity contribution in [3.63, 3.8) is 0 Å². The summed E-state index contributed by atoms with van der Waals surface area (Å²) in [6, 6.07) is 0. The van der Waals surface area contributed by atoms with Crippen LogP contribution in [0.15, 0.2) is 0 Å². The molecule has 0 aliphatic heterocycles. The van der Waals surface area contributed by atoms with Crippen LogP contribution in [0.5, 0.6) is 0 Å². The lowest BCUT2D eigenvalue weighted by Crippen LogP contribution is -1.89. The SMILES string of the molecule is CNC.O=PO. The number of rotatable bonds is 0. The van der Waals surface area contributed by atoms with Crippen molar-refractivity contribution in [3.05, 3.63) is 0 Å². The summed E-state index contributed by atoms with van der Waals surface area (Å²) in [7, 11) is 2.92. The van der Waals surface area contributed by atoms with E-state index in [2.05, 4.69) is 5.32 Å². The molecular formula is C2H8NO2P. The molecule has 0 saturated heterocycles. The maximum Gasteiger partial charge on any atom is 0.324 e. The van der Waals surface area contributed by atoms with E-state index in [1.807, 2.05) is 14.1 Å². The Morgan fingerprint density at radius 2 is 1.67 bits per heavy atom. The molecule has 0 aromatic heterocycles. The first-order valence-electron chi connectivity index (χ1n) is 1.38. The van der Waals surface area contributed by atoms with Crippen LogP contribution in [0.1, 0.15) is 0 Å². The van der Waals surface area contributed by atoms with Crippen molar-refractivity contribution < 1.29 is 9.46 Å². The summed E-state index contributed by atoms with van der Waals surface area (Å²) in [6.07, 6.45) is 0. The Bertz CT molecular complexity index is 25.5. The largest absolute Gasteiger partial charge is 0.324 e. The van der Waals surface area contributed by atoms with Crippen LogP contribution in [0.3, 0.4) is 0 Å². The van der Waals surface area contributed by atoms with E-state index in [-0.39, 0.29) is 0 Å². The zero-order chi connectivity index (χ0) is 5.41. The molecule has 38 valence electrons. The van der Waals surface area contributed by atoms with Crippen molar-refractivity contribution in [1.82, 2.24) is 5.32 Å². The summed E-state index contributed by atoms with van der Waals surface area (Å²) in [4.78, 5) is 6.99. The second-order valence-corrected chi connectivity index (χ2v) is 0.745. The van der Waals surface area contributed by atoms with Crippen LogP contribution in [0.2, 0.25) is 0 Å². The Hall–Kier alpha value is 0.0200. The van der Waals surface area contributed by atoms with Gasteiger partial charge in [-0.3, -0.25) is 0 Å². The van der Waals surface area contributed by atoms with Crippen LogP contribution in [-0.2, 0) is 4.57 Å². The van der Waals surface area contributed by atoms with E-state index >= 15 is 0 Å². The van der Waals surface area contributed by atoms with E-state index in [0.29, 0.717) is 0 Å². The molecule has 0 heterocycles. The third-order valence-corrected chi connectivity index (χ3v) is 0. The number of hydrogen-bond acceptors (Lipinski definition) is 2. The minimum Gasteiger partial charge on any atom is -0.323 e. The lowest BCUT2D eigenvalue weighted by Gasteiger charge is -1.59.